The van der Waals surface area contributed by atoms with Crippen LogP contribution < -0.4 is 30.9 Å². The van der Waals surface area contributed by atoms with Crippen LogP contribution in [0.1, 0.15) is 18.4 Å². The van der Waals surface area contributed by atoms with Crippen LogP contribution in [0, 0.1) is 0 Å². The first-order chi connectivity index (χ1) is 17.4. The van der Waals surface area contributed by atoms with Crippen molar-refractivity contribution < 1.29 is 28.7 Å². The highest BCUT2D eigenvalue weighted by atomic mass is 16.5. The molecule has 1 aromatic heterocycles. The van der Waals surface area contributed by atoms with Crippen molar-refractivity contribution in [1.29, 1.82) is 0 Å². The third-order valence-corrected chi connectivity index (χ3v) is 6.26. The van der Waals surface area contributed by atoms with E-state index in [1.54, 1.807) is 17.0 Å². The van der Waals surface area contributed by atoms with Gasteiger partial charge in [0.2, 0.25) is 11.4 Å². The van der Waals surface area contributed by atoms with Gasteiger partial charge in [-0.1, -0.05) is 12.1 Å². The number of hydrogen-bond acceptors (Lipinski definition) is 7. The monoisotopic (exact) mass is 493 g/mol. The number of rotatable bonds is 5. The Morgan fingerprint density at radius 2 is 1.75 bits per heavy atom. The molecule has 186 valence electrons. The number of carbonyl (C=O) groups is 5. The van der Waals surface area contributed by atoms with Crippen LogP contribution in [0.15, 0.2) is 42.6 Å². The Balaban J connectivity index is 1.27. The first-order valence-corrected chi connectivity index (χ1v) is 11.4. The highest BCUT2D eigenvalue weighted by molar-refractivity contribution is 6.27. The van der Waals surface area contributed by atoms with Crippen LogP contribution in [0.4, 0.5) is 20.1 Å². The molecule has 1 aromatic carbocycles. The van der Waals surface area contributed by atoms with Crippen LogP contribution >= 0.6 is 0 Å². The molecule has 0 unspecified atom stereocenters. The number of carbonyl (C=O) groups excluding carboxylic acids is 5. The van der Waals surface area contributed by atoms with E-state index in [0.717, 1.165) is 30.0 Å². The molecule has 3 aliphatic heterocycles. The van der Waals surface area contributed by atoms with Gasteiger partial charge in [-0.25, -0.2) is 19.4 Å². The minimum atomic E-state index is -1.92. The molecule has 13 heteroatoms. The van der Waals surface area contributed by atoms with E-state index in [-0.39, 0.29) is 30.6 Å². The van der Waals surface area contributed by atoms with Crippen LogP contribution in [0.3, 0.4) is 0 Å². The van der Waals surface area contributed by atoms with Gasteiger partial charge >= 0.3 is 18.1 Å². The predicted octanol–water partition coefficient (Wildman–Crippen LogP) is 0.814. The molecule has 3 fully saturated rings. The number of barbiturate groups is 1. The molecule has 4 heterocycles. The van der Waals surface area contributed by atoms with Crippen LogP contribution in [-0.2, 0) is 16.1 Å². The Bertz CT molecular complexity index is 1210. The summed E-state index contributed by atoms with van der Waals surface area (Å²) in [5.41, 5.74) is -0.836. The zero-order valence-electron chi connectivity index (χ0n) is 19.1. The van der Waals surface area contributed by atoms with Gasteiger partial charge < -0.3 is 20.3 Å². The fraction of sp³-hybridized carbons (Fsp3) is 0.304. The van der Waals surface area contributed by atoms with E-state index in [1.807, 2.05) is 12.1 Å². The Morgan fingerprint density at radius 3 is 2.36 bits per heavy atom. The number of hydrogen-bond donors (Lipinski definition) is 4. The Kier molecular flexibility index (Phi) is 5.88. The van der Waals surface area contributed by atoms with Gasteiger partial charge in [-0.05, 0) is 30.2 Å². The molecule has 36 heavy (non-hydrogen) atoms. The summed E-state index contributed by atoms with van der Waals surface area (Å²) in [5.74, 6) is -1.04. The second-order valence-corrected chi connectivity index (χ2v) is 8.51. The van der Waals surface area contributed by atoms with Crippen LogP contribution in [-0.4, -0.2) is 65.0 Å². The zero-order valence-corrected chi connectivity index (χ0v) is 19.1. The maximum absolute atomic E-state index is 12.7. The van der Waals surface area contributed by atoms with E-state index >= 15 is 0 Å². The van der Waals surface area contributed by atoms with Gasteiger partial charge in [0.1, 0.15) is 5.75 Å². The summed E-state index contributed by atoms with van der Waals surface area (Å²) in [6.45, 7) is 2.05. The normalized spacial score (nSPS) is 18.7. The van der Waals surface area contributed by atoms with Gasteiger partial charge in [-0.15, -0.1) is 0 Å². The van der Waals surface area contributed by atoms with Crippen LogP contribution in [0.2, 0.25) is 0 Å². The summed E-state index contributed by atoms with van der Waals surface area (Å²) in [6.07, 6.45) is 2.30. The second kappa shape index (κ2) is 9.17. The quantitative estimate of drug-likeness (QED) is 0.448. The molecule has 3 aliphatic rings. The summed E-state index contributed by atoms with van der Waals surface area (Å²) >= 11 is 0. The average molecular weight is 493 g/mol. The molecule has 3 saturated heterocycles. The number of ether oxygens (including phenoxy) is 1. The summed E-state index contributed by atoms with van der Waals surface area (Å²) < 4.78 is 5.76. The van der Waals surface area contributed by atoms with E-state index < -0.39 is 29.4 Å². The minimum Gasteiger partial charge on any atom is -0.439 e. The number of imide groups is 2. The Labute approximate surface area is 205 Å². The Morgan fingerprint density at radius 1 is 1.03 bits per heavy atom. The number of likely N-dealkylation sites (tertiary alicyclic amines) is 1. The average Bonchev–Trinajstić information content (AvgIpc) is 2.82. The molecule has 1 spiro atoms. The lowest BCUT2D eigenvalue weighted by Gasteiger charge is -2.45. The van der Waals surface area contributed by atoms with E-state index in [4.69, 9.17) is 4.74 Å². The van der Waals surface area contributed by atoms with E-state index in [9.17, 15) is 24.0 Å². The largest absolute Gasteiger partial charge is 0.439 e. The molecular weight excluding hydrogens is 470 g/mol. The highest BCUT2D eigenvalue weighted by Crippen LogP contribution is 2.32. The molecule has 0 atom stereocenters. The number of nitrogens with zero attached hydrogens (tertiary/aromatic N) is 3. The summed E-state index contributed by atoms with van der Waals surface area (Å²) in [4.78, 5) is 68.5. The summed E-state index contributed by atoms with van der Waals surface area (Å²) in [6, 6.07) is 8.42. The highest BCUT2D eigenvalue weighted by Gasteiger charge is 2.58. The van der Waals surface area contributed by atoms with E-state index in [2.05, 4.69) is 26.3 Å². The van der Waals surface area contributed by atoms with Gasteiger partial charge in [0, 0.05) is 38.7 Å². The van der Waals surface area contributed by atoms with Crippen molar-refractivity contribution in [3.63, 3.8) is 0 Å². The predicted molar refractivity (Wildman–Crippen MR) is 124 cm³/mol. The molecule has 5 rings (SSSR count). The zero-order chi connectivity index (χ0) is 25.3. The minimum absolute atomic E-state index is 0.0349. The number of anilines is 1. The van der Waals surface area contributed by atoms with E-state index in [0.29, 0.717) is 12.3 Å². The van der Waals surface area contributed by atoms with Gasteiger partial charge in [0.05, 0.1) is 11.9 Å². The van der Waals surface area contributed by atoms with Crippen molar-refractivity contribution in [2.75, 3.05) is 24.5 Å². The molecule has 4 N–H and O–H groups in total. The molecule has 0 radical (unpaired) electrons. The number of aromatic nitrogens is 1. The van der Waals surface area contributed by atoms with Gasteiger partial charge in [0.25, 0.3) is 11.8 Å². The molecule has 0 bridgehead atoms. The van der Waals surface area contributed by atoms with Crippen LogP contribution in [0.25, 0.3) is 0 Å². The van der Waals surface area contributed by atoms with Gasteiger partial charge in [-0.3, -0.25) is 25.1 Å². The number of amides is 8. The lowest BCUT2D eigenvalue weighted by Crippen LogP contribution is -2.77. The molecular formula is C23H23N7O6. The van der Waals surface area contributed by atoms with Crippen molar-refractivity contribution in [3.05, 3.63) is 48.2 Å². The third kappa shape index (κ3) is 4.15. The van der Waals surface area contributed by atoms with Crippen molar-refractivity contribution >= 4 is 35.6 Å². The summed E-state index contributed by atoms with van der Waals surface area (Å²) in [5, 5.41) is 9.59. The van der Waals surface area contributed by atoms with Gasteiger partial charge in [0.15, 0.2) is 0 Å². The SMILES string of the molecule is O=C1NC(=O)C2(CCNC(=O)N2c2ccc(Oc3ccc(CNC(=O)N4CCC4)cc3)nc2)C(=O)N1. The van der Waals surface area contributed by atoms with Crippen molar-refractivity contribution in [3.8, 4) is 11.6 Å². The second-order valence-electron chi connectivity index (χ2n) is 8.51. The first kappa shape index (κ1) is 23.1. The molecule has 8 amide bonds. The number of urea groups is 3. The molecule has 13 nitrogen and oxygen atoms in total. The topological polar surface area (TPSA) is 162 Å². The van der Waals surface area contributed by atoms with Crippen molar-refractivity contribution in [1.82, 2.24) is 31.2 Å². The maximum atomic E-state index is 12.7. The molecule has 0 saturated carbocycles. The fourth-order valence-corrected chi connectivity index (χ4v) is 4.20. The lowest BCUT2D eigenvalue weighted by atomic mass is 9.87. The Hall–Kier alpha value is -4.68. The summed E-state index contributed by atoms with van der Waals surface area (Å²) in [7, 11) is 0. The maximum Gasteiger partial charge on any atom is 0.328 e. The molecule has 0 aliphatic carbocycles. The fourth-order valence-electron chi connectivity index (χ4n) is 4.20. The lowest BCUT2D eigenvalue weighted by molar-refractivity contribution is -0.138. The van der Waals surface area contributed by atoms with E-state index in [1.165, 1.54) is 18.3 Å². The number of nitrogens with one attached hydrogen (secondary N) is 4. The van der Waals surface area contributed by atoms with Crippen molar-refractivity contribution in [2.24, 2.45) is 0 Å². The van der Waals surface area contributed by atoms with Gasteiger partial charge in [-0.2, -0.15) is 0 Å². The number of benzene rings is 1. The third-order valence-electron chi connectivity index (χ3n) is 6.26. The molecule has 2 aromatic rings. The smallest absolute Gasteiger partial charge is 0.328 e. The first-order valence-electron chi connectivity index (χ1n) is 11.4. The van der Waals surface area contributed by atoms with Crippen LogP contribution in [0.5, 0.6) is 11.6 Å². The number of pyridine rings is 1. The standard InChI is InChI=1S/C23H23N7O6/c31-18-23(19(32)28-20(33)27-18)8-9-24-22(35)30(23)15-4-7-17(25-13-15)36-16-5-2-14(3-6-16)12-26-21(34)29-10-1-11-29/h2-7,13H,1,8-12H2,(H,24,35)(H,26,34)(H2,27,28,31,32,33). The van der Waals surface area contributed by atoms with Crippen molar-refractivity contribution in [2.45, 2.75) is 24.9 Å².